The number of carbonyl (C=O) groups is 2. The highest BCUT2D eigenvalue weighted by molar-refractivity contribution is 6.05. The van der Waals surface area contributed by atoms with Crippen LogP contribution in [0.4, 0.5) is 0 Å². The Morgan fingerprint density at radius 1 is 1.00 bits per heavy atom. The normalized spacial score (nSPS) is 17.6. The maximum absolute atomic E-state index is 12.9. The van der Waals surface area contributed by atoms with Crippen molar-refractivity contribution < 1.29 is 14.3 Å². The summed E-state index contributed by atoms with van der Waals surface area (Å²) >= 11 is 0. The van der Waals surface area contributed by atoms with Crippen LogP contribution in [0.25, 0.3) is 10.9 Å². The first-order chi connectivity index (χ1) is 13.7. The number of aryl methyl sites for hydroxylation is 1. The zero-order valence-electron chi connectivity index (χ0n) is 16.3. The van der Waals surface area contributed by atoms with E-state index >= 15 is 0 Å². The van der Waals surface area contributed by atoms with Crippen LogP contribution >= 0.6 is 0 Å². The Morgan fingerprint density at radius 3 is 2.57 bits per heavy atom. The third-order valence-corrected chi connectivity index (χ3v) is 5.93. The molecule has 1 aromatic heterocycles. The predicted octanol–water partition coefficient (Wildman–Crippen LogP) is 4.11. The molecule has 0 spiro atoms. The van der Waals surface area contributed by atoms with Gasteiger partial charge in [-0.25, -0.2) is 4.79 Å². The van der Waals surface area contributed by atoms with Crippen molar-refractivity contribution in [2.75, 3.05) is 6.61 Å². The minimum Gasteiger partial charge on any atom is -0.452 e. The molecule has 28 heavy (non-hydrogen) atoms. The van der Waals surface area contributed by atoms with Crippen molar-refractivity contribution in [2.45, 2.75) is 70.3 Å². The molecule has 0 bridgehead atoms. The lowest BCUT2D eigenvalue weighted by Gasteiger charge is -2.21. The van der Waals surface area contributed by atoms with Gasteiger partial charge in [-0.2, -0.15) is 0 Å². The summed E-state index contributed by atoms with van der Waals surface area (Å²) in [5, 5.41) is 3.87. The Kier molecular flexibility index (Phi) is 5.89. The first kappa shape index (κ1) is 18.9. The van der Waals surface area contributed by atoms with Gasteiger partial charge in [-0.05, 0) is 43.7 Å². The third-order valence-electron chi connectivity index (χ3n) is 5.93. The number of para-hydroxylation sites is 1. The fourth-order valence-electron chi connectivity index (χ4n) is 4.52. The Morgan fingerprint density at radius 2 is 1.75 bits per heavy atom. The van der Waals surface area contributed by atoms with E-state index in [1.54, 1.807) is 0 Å². The second-order valence-electron chi connectivity index (χ2n) is 7.97. The van der Waals surface area contributed by atoms with Crippen LogP contribution in [-0.2, 0) is 22.4 Å². The van der Waals surface area contributed by atoms with E-state index in [-0.39, 0.29) is 18.6 Å². The minimum absolute atomic E-state index is 0.200. The molecule has 0 saturated heterocycles. The molecule has 2 aromatic rings. The molecule has 5 nitrogen and oxygen atoms in total. The summed E-state index contributed by atoms with van der Waals surface area (Å²) in [5.41, 5.74) is 3.39. The zero-order valence-corrected chi connectivity index (χ0v) is 16.3. The molecule has 1 fully saturated rings. The van der Waals surface area contributed by atoms with E-state index < -0.39 is 5.97 Å². The number of ether oxygens (including phenoxy) is 1. The summed E-state index contributed by atoms with van der Waals surface area (Å²) in [6.45, 7) is -0.221. The van der Waals surface area contributed by atoms with Crippen molar-refractivity contribution in [2.24, 2.45) is 0 Å². The summed E-state index contributed by atoms with van der Waals surface area (Å²) in [6.07, 6.45) is 10.8. The molecule has 0 aliphatic heterocycles. The number of esters is 1. The Hall–Kier alpha value is -2.43. The molecule has 1 N–H and O–H groups in total. The van der Waals surface area contributed by atoms with Gasteiger partial charge in [0.15, 0.2) is 6.61 Å². The Labute approximate surface area is 165 Å². The number of carbonyl (C=O) groups excluding carboxylic acids is 2. The lowest BCUT2D eigenvalue weighted by molar-refractivity contribution is -0.125. The SMILES string of the molecule is O=C(COC(=O)c1c2c(nc3ccccc13)CCC2)NC1CCCCCCC1. The van der Waals surface area contributed by atoms with Gasteiger partial charge in [-0.15, -0.1) is 0 Å². The van der Waals surface area contributed by atoms with E-state index in [9.17, 15) is 9.59 Å². The van der Waals surface area contributed by atoms with Crippen molar-refractivity contribution in [3.8, 4) is 0 Å². The van der Waals surface area contributed by atoms with Gasteiger partial charge in [0, 0.05) is 17.1 Å². The maximum Gasteiger partial charge on any atom is 0.339 e. The zero-order chi connectivity index (χ0) is 19.3. The van der Waals surface area contributed by atoms with Crippen LogP contribution in [0.3, 0.4) is 0 Å². The molecule has 2 aliphatic carbocycles. The van der Waals surface area contributed by atoms with E-state index in [2.05, 4.69) is 5.32 Å². The number of nitrogens with one attached hydrogen (secondary N) is 1. The first-order valence-corrected chi connectivity index (χ1v) is 10.6. The number of benzene rings is 1. The second kappa shape index (κ2) is 8.72. The molecule has 4 rings (SSSR count). The minimum atomic E-state index is -0.412. The van der Waals surface area contributed by atoms with Crippen LogP contribution in [0.1, 0.15) is 73.0 Å². The largest absolute Gasteiger partial charge is 0.452 e. The molecule has 148 valence electrons. The number of aromatic nitrogens is 1. The number of pyridine rings is 1. The molecule has 1 heterocycles. The van der Waals surface area contributed by atoms with Gasteiger partial charge < -0.3 is 10.1 Å². The average molecular weight is 380 g/mol. The van der Waals surface area contributed by atoms with Crippen molar-refractivity contribution in [3.05, 3.63) is 41.1 Å². The molecular weight excluding hydrogens is 352 g/mol. The summed E-state index contributed by atoms with van der Waals surface area (Å²) < 4.78 is 5.44. The van der Waals surface area contributed by atoms with Crippen LogP contribution in [0, 0.1) is 0 Å². The molecule has 1 amide bonds. The predicted molar refractivity (Wildman–Crippen MR) is 108 cm³/mol. The number of amides is 1. The van der Waals surface area contributed by atoms with Crippen molar-refractivity contribution >= 4 is 22.8 Å². The fraction of sp³-hybridized carbons (Fsp3) is 0.522. The van der Waals surface area contributed by atoms with Crippen LogP contribution in [0.2, 0.25) is 0 Å². The van der Waals surface area contributed by atoms with Crippen LogP contribution in [0.15, 0.2) is 24.3 Å². The topological polar surface area (TPSA) is 68.3 Å². The Bertz CT molecular complexity index is 870. The maximum atomic E-state index is 12.9. The van der Waals surface area contributed by atoms with Crippen molar-refractivity contribution in [1.29, 1.82) is 0 Å². The van der Waals surface area contributed by atoms with Gasteiger partial charge in [-0.3, -0.25) is 9.78 Å². The first-order valence-electron chi connectivity index (χ1n) is 10.6. The third kappa shape index (κ3) is 4.18. The Balaban J connectivity index is 1.43. The summed E-state index contributed by atoms with van der Waals surface area (Å²) in [6, 6.07) is 7.87. The molecule has 0 atom stereocenters. The fourth-order valence-corrected chi connectivity index (χ4v) is 4.52. The van der Waals surface area contributed by atoms with Gasteiger partial charge >= 0.3 is 5.97 Å². The van der Waals surface area contributed by atoms with E-state index in [1.807, 2.05) is 24.3 Å². The highest BCUT2D eigenvalue weighted by Gasteiger charge is 2.25. The van der Waals surface area contributed by atoms with Crippen LogP contribution in [-0.4, -0.2) is 29.5 Å². The van der Waals surface area contributed by atoms with E-state index in [1.165, 1.54) is 19.3 Å². The van der Waals surface area contributed by atoms with Crippen molar-refractivity contribution in [3.63, 3.8) is 0 Å². The summed E-state index contributed by atoms with van der Waals surface area (Å²) in [7, 11) is 0. The van der Waals surface area contributed by atoms with Gasteiger partial charge in [0.25, 0.3) is 5.91 Å². The summed E-state index contributed by atoms with van der Waals surface area (Å²) in [4.78, 5) is 29.9. The van der Waals surface area contributed by atoms with Crippen LogP contribution < -0.4 is 5.32 Å². The molecule has 0 radical (unpaired) electrons. The highest BCUT2D eigenvalue weighted by atomic mass is 16.5. The number of rotatable bonds is 4. The number of nitrogens with zero attached hydrogens (tertiary/aromatic N) is 1. The monoisotopic (exact) mass is 380 g/mol. The second-order valence-corrected chi connectivity index (χ2v) is 7.97. The molecule has 5 heteroatoms. The molecule has 1 saturated carbocycles. The van der Waals surface area contributed by atoms with E-state index in [4.69, 9.17) is 9.72 Å². The quantitative estimate of drug-likeness (QED) is 0.811. The molecular formula is C23H28N2O3. The molecule has 1 aromatic carbocycles. The number of hydrogen-bond donors (Lipinski definition) is 1. The standard InChI is InChI=1S/C23H28N2O3/c26-21(24-16-9-4-2-1-3-5-10-16)15-28-23(27)22-17-11-6-7-13-19(17)25-20-14-8-12-18(20)22/h6-7,11,13,16H,1-5,8-10,12,14-15H2,(H,24,26). The summed E-state index contributed by atoms with van der Waals surface area (Å²) in [5.74, 6) is -0.613. The lowest BCUT2D eigenvalue weighted by atomic mass is 9.97. The highest BCUT2D eigenvalue weighted by Crippen LogP contribution is 2.30. The van der Waals surface area contributed by atoms with Gasteiger partial charge in [0.1, 0.15) is 0 Å². The van der Waals surface area contributed by atoms with E-state index in [0.717, 1.165) is 67.1 Å². The molecule has 0 unspecified atom stereocenters. The van der Waals surface area contributed by atoms with Gasteiger partial charge in [0.05, 0.1) is 11.1 Å². The smallest absolute Gasteiger partial charge is 0.339 e. The van der Waals surface area contributed by atoms with E-state index in [0.29, 0.717) is 5.56 Å². The number of fused-ring (bicyclic) bond motifs is 2. The lowest BCUT2D eigenvalue weighted by Crippen LogP contribution is -2.38. The van der Waals surface area contributed by atoms with Crippen LogP contribution in [0.5, 0.6) is 0 Å². The molecule has 2 aliphatic rings. The van der Waals surface area contributed by atoms with Crippen molar-refractivity contribution in [1.82, 2.24) is 10.3 Å². The van der Waals surface area contributed by atoms with Gasteiger partial charge in [-0.1, -0.05) is 50.3 Å². The number of hydrogen-bond acceptors (Lipinski definition) is 4. The van der Waals surface area contributed by atoms with Gasteiger partial charge in [0.2, 0.25) is 0 Å². The average Bonchev–Trinajstić information content (AvgIpc) is 3.14.